The fourth-order valence-corrected chi connectivity index (χ4v) is 3.18. The lowest BCUT2D eigenvalue weighted by molar-refractivity contribution is -0.135. The highest BCUT2D eigenvalue weighted by Gasteiger charge is 2.24. The number of thiocarbonyl (C=S) groups is 1. The SMILES string of the molecule is O=C(O)CN1C(=S)CSc2cc(Cl)c(Cl)cc21. The number of rotatable bonds is 2. The van der Waals surface area contributed by atoms with Gasteiger partial charge in [-0.3, -0.25) is 4.79 Å². The standard InChI is InChI=1S/C10H7Cl2NO2S2/c11-5-1-7-8(2-6(5)12)17-4-9(16)13(7)3-10(14)15/h1-2H,3-4H2,(H,14,15). The van der Waals surface area contributed by atoms with E-state index >= 15 is 0 Å². The molecule has 0 unspecified atom stereocenters. The van der Waals surface area contributed by atoms with Gasteiger partial charge in [0, 0.05) is 10.6 Å². The van der Waals surface area contributed by atoms with Gasteiger partial charge < -0.3 is 10.0 Å². The molecule has 0 aromatic heterocycles. The van der Waals surface area contributed by atoms with Gasteiger partial charge in [-0.1, -0.05) is 35.4 Å². The van der Waals surface area contributed by atoms with Crippen molar-refractivity contribution in [2.45, 2.75) is 4.90 Å². The lowest BCUT2D eigenvalue weighted by Crippen LogP contribution is -2.38. The molecule has 90 valence electrons. The molecule has 0 amide bonds. The number of hydrogen-bond donors (Lipinski definition) is 1. The van der Waals surface area contributed by atoms with Gasteiger partial charge in [-0.2, -0.15) is 0 Å². The van der Waals surface area contributed by atoms with Crippen LogP contribution in [0.15, 0.2) is 17.0 Å². The number of halogens is 2. The van der Waals surface area contributed by atoms with Gasteiger partial charge in [0.05, 0.1) is 20.7 Å². The predicted octanol–water partition coefficient (Wildman–Crippen LogP) is 3.32. The van der Waals surface area contributed by atoms with E-state index in [1.54, 1.807) is 17.0 Å². The van der Waals surface area contributed by atoms with Crippen molar-refractivity contribution in [1.29, 1.82) is 0 Å². The van der Waals surface area contributed by atoms with Gasteiger partial charge in [0.25, 0.3) is 0 Å². The van der Waals surface area contributed by atoms with Crippen molar-refractivity contribution in [2.24, 2.45) is 0 Å². The fourth-order valence-electron chi connectivity index (χ4n) is 1.50. The van der Waals surface area contributed by atoms with E-state index in [1.807, 2.05) is 0 Å². The summed E-state index contributed by atoms with van der Waals surface area (Å²) < 4.78 is 0. The number of thioether (sulfide) groups is 1. The lowest BCUT2D eigenvalue weighted by Gasteiger charge is -2.30. The molecule has 1 aliphatic rings. The van der Waals surface area contributed by atoms with Crippen LogP contribution in [0.1, 0.15) is 0 Å². The van der Waals surface area contributed by atoms with E-state index in [-0.39, 0.29) is 6.54 Å². The zero-order valence-corrected chi connectivity index (χ0v) is 11.6. The first-order valence-corrected chi connectivity index (χ1v) is 6.78. The van der Waals surface area contributed by atoms with Crippen LogP contribution in [0.25, 0.3) is 0 Å². The smallest absolute Gasteiger partial charge is 0.323 e. The molecule has 7 heteroatoms. The number of carboxylic acids is 1. The molecule has 1 aromatic carbocycles. The van der Waals surface area contributed by atoms with E-state index in [0.717, 1.165) is 4.90 Å². The first kappa shape index (κ1) is 13.0. The third-order valence-corrected chi connectivity index (χ3v) is 4.56. The monoisotopic (exact) mass is 307 g/mol. The Morgan fingerprint density at radius 2 is 2.12 bits per heavy atom. The molecular weight excluding hydrogens is 301 g/mol. The highest BCUT2D eigenvalue weighted by Crippen LogP contribution is 2.40. The van der Waals surface area contributed by atoms with Gasteiger partial charge in [-0.25, -0.2) is 0 Å². The van der Waals surface area contributed by atoms with E-state index in [1.165, 1.54) is 11.8 Å². The number of aliphatic carboxylic acids is 1. The third-order valence-electron chi connectivity index (χ3n) is 2.24. The summed E-state index contributed by atoms with van der Waals surface area (Å²) in [6, 6.07) is 3.39. The summed E-state index contributed by atoms with van der Waals surface area (Å²) >= 11 is 18.6. The van der Waals surface area contributed by atoms with Crippen LogP contribution in [0.3, 0.4) is 0 Å². The third kappa shape index (κ3) is 2.68. The van der Waals surface area contributed by atoms with Crippen LogP contribution in [-0.4, -0.2) is 28.4 Å². The molecule has 0 fully saturated rings. The van der Waals surface area contributed by atoms with Gasteiger partial charge >= 0.3 is 5.97 Å². The van der Waals surface area contributed by atoms with Crippen molar-refractivity contribution in [3.05, 3.63) is 22.2 Å². The summed E-state index contributed by atoms with van der Waals surface area (Å²) in [6.07, 6.45) is 0. The average Bonchev–Trinajstić information content (AvgIpc) is 2.25. The fraction of sp³-hybridized carbons (Fsp3) is 0.200. The van der Waals surface area contributed by atoms with Crippen LogP contribution in [-0.2, 0) is 4.79 Å². The van der Waals surface area contributed by atoms with Crippen LogP contribution in [0.5, 0.6) is 0 Å². The Morgan fingerprint density at radius 1 is 1.47 bits per heavy atom. The maximum Gasteiger partial charge on any atom is 0.323 e. The molecule has 1 N–H and O–H groups in total. The van der Waals surface area contributed by atoms with Crippen LogP contribution >= 0.6 is 47.2 Å². The second-order valence-electron chi connectivity index (χ2n) is 3.40. The molecule has 0 atom stereocenters. The van der Waals surface area contributed by atoms with Crippen LogP contribution in [0.4, 0.5) is 5.69 Å². The van der Waals surface area contributed by atoms with Crippen molar-refractivity contribution in [1.82, 2.24) is 0 Å². The Bertz CT molecular complexity index is 507. The molecule has 2 rings (SSSR count). The number of benzene rings is 1. The van der Waals surface area contributed by atoms with Crippen molar-refractivity contribution in [3.63, 3.8) is 0 Å². The molecule has 1 heterocycles. The van der Waals surface area contributed by atoms with E-state index in [2.05, 4.69) is 0 Å². The van der Waals surface area contributed by atoms with E-state index < -0.39 is 5.97 Å². The minimum atomic E-state index is -0.934. The molecule has 0 aliphatic carbocycles. The number of hydrogen-bond acceptors (Lipinski definition) is 3. The van der Waals surface area contributed by atoms with E-state index in [0.29, 0.717) is 26.5 Å². The van der Waals surface area contributed by atoms with Crippen molar-refractivity contribution in [2.75, 3.05) is 17.2 Å². The Morgan fingerprint density at radius 3 is 2.76 bits per heavy atom. The molecular formula is C10H7Cl2NO2S2. The molecule has 0 saturated carbocycles. The molecule has 1 aromatic rings. The maximum absolute atomic E-state index is 10.8. The van der Waals surface area contributed by atoms with Gasteiger partial charge in [-0.05, 0) is 12.1 Å². The first-order valence-electron chi connectivity index (χ1n) is 4.63. The molecule has 0 spiro atoms. The predicted molar refractivity (Wildman–Crippen MR) is 74.8 cm³/mol. The normalized spacial score (nSPS) is 14.7. The number of fused-ring (bicyclic) bond motifs is 1. The number of carbonyl (C=O) groups is 1. The highest BCUT2D eigenvalue weighted by atomic mass is 35.5. The Balaban J connectivity index is 2.47. The van der Waals surface area contributed by atoms with E-state index in [9.17, 15) is 4.79 Å². The van der Waals surface area contributed by atoms with Gasteiger partial charge in [-0.15, -0.1) is 11.8 Å². The summed E-state index contributed by atoms with van der Waals surface area (Å²) in [5.41, 5.74) is 0.711. The summed E-state index contributed by atoms with van der Waals surface area (Å²) in [5.74, 6) is -0.357. The Kier molecular flexibility index (Phi) is 3.82. The topological polar surface area (TPSA) is 40.5 Å². The first-order chi connectivity index (χ1) is 7.99. The number of nitrogens with zero attached hydrogens (tertiary/aromatic N) is 1. The highest BCUT2D eigenvalue weighted by molar-refractivity contribution is 8.01. The van der Waals surface area contributed by atoms with Crippen LogP contribution < -0.4 is 4.90 Å². The quantitative estimate of drug-likeness (QED) is 0.849. The summed E-state index contributed by atoms with van der Waals surface area (Å²) in [6.45, 7) is -0.162. The van der Waals surface area contributed by atoms with Gasteiger partial charge in [0.15, 0.2) is 0 Å². The molecule has 3 nitrogen and oxygen atoms in total. The van der Waals surface area contributed by atoms with Gasteiger partial charge in [0.1, 0.15) is 6.54 Å². The molecule has 0 radical (unpaired) electrons. The minimum absolute atomic E-state index is 0.162. The summed E-state index contributed by atoms with van der Waals surface area (Å²) in [4.78, 5) is 13.9. The van der Waals surface area contributed by atoms with Gasteiger partial charge in [0.2, 0.25) is 0 Å². The van der Waals surface area contributed by atoms with E-state index in [4.69, 9.17) is 40.5 Å². The number of anilines is 1. The summed E-state index contributed by atoms with van der Waals surface area (Å²) in [5, 5.41) is 9.72. The molecule has 0 saturated heterocycles. The largest absolute Gasteiger partial charge is 0.480 e. The Labute approximate surface area is 118 Å². The molecule has 0 bridgehead atoms. The lowest BCUT2D eigenvalue weighted by atomic mass is 10.2. The van der Waals surface area contributed by atoms with Crippen LogP contribution in [0, 0.1) is 0 Å². The molecule has 17 heavy (non-hydrogen) atoms. The summed E-state index contributed by atoms with van der Waals surface area (Å²) in [7, 11) is 0. The number of carboxylic acid groups (broad SMARTS) is 1. The second-order valence-corrected chi connectivity index (χ2v) is 5.70. The zero-order chi connectivity index (χ0) is 12.6. The maximum atomic E-state index is 10.8. The zero-order valence-electron chi connectivity index (χ0n) is 8.44. The minimum Gasteiger partial charge on any atom is -0.480 e. The molecule has 1 aliphatic heterocycles. The van der Waals surface area contributed by atoms with Crippen molar-refractivity contribution in [3.8, 4) is 0 Å². The average molecular weight is 308 g/mol. The van der Waals surface area contributed by atoms with Crippen molar-refractivity contribution >= 4 is 63.8 Å². The van der Waals surface area contributed by atoms with Crippen molar-refractivity contribution < 1.29 is 9.90 Å². The Hall–Kier alpha value is -0.490. The second kappa shape index (κ2) is 5.02. The van der Waals surface area contributed by atoms with Crippen LogP contribution in [0.2, 0.25) is 10.0 Å².